The third-order valence-electron chi connectivity index (χ3n) is 1.63. The van der Waals surface area contributed by atoms with Crippen LogP contribution in [0.2, 0.25) is 12.1 Å². The van der Waals surface area contributed by atoms with E-state index in [0.29, 0.717) is 6.42 Å². The highest BCUT2D eigenvalue weighted by Crippen LogP contribution is 2.36. The van der Waals surface area contributed by atoms with Crippen molar-refractivity contribution in [2.24, 2.45) is 0 Å². The van der Waals surface area contributed by atoms with E-state index in [4.69, 9.17) is 9.79 Å². The summed E-state index contributed by atoms with van der Waals surface area (Å²) in [7, 11) is -12.9. The Bertz CT molecular complexity index is 263. The first-order valence-corrected chi connectivity index (χ1v) is 10.4. The summed E-state index contributed by atoms with van der Waals surface area (Å²) in [6.07, 6.45) is -0.370. The smallest absolute Gasteiger partial charge is 0.390 e. The highest BCUT2D eigenvalue weighted by atomic mass is 31.2. The van der Waals surface area contributed by atoms with Gasteiger partial charge >= 0.3 is 25.2 Å². The van der Waals surface area contributed by atoms with Crippen LogP contribution in [0.25, 0.3) is 0 Å². The summed E-state index contributed by atoms with van der Waals surface area (Å²) in [6.45, 7) is 1.66. The van der Waals surface area contributed by atoms with E-state index in [-0.39, 0.29) is 6.04 Å². The van der Waals surface area contributed by atoms with Crippen LogP contribution in [-0.4, -0.2) is 52.7 Å². The fraction of sp³-hybridized carbons (Fsp3) is 1.00. The molecule has 16 heavy (non-hydrogen) atoms. The van der Waals surface area contributed by atoms with Gasteiger partial charge in [-0.15, -0.1) is 0 Å². The van der Waals surface area contributed by atoms with E-state index in [2.05, 4.69) is 4.12 Å². The molecule has 11 heteroatoms. The second-order valence-corrected chi connectivity index (χ2v) is 10.0. The Hall–Kier alpha value is 0.384. The number of hydrogen-bond donors (Lipinski definition) is 6. The van der Waals surface area contributed by atoms with E-state index in [9.17, 15) is 23.7 Å². The first-order valence-electron chi connectivity index (χ1n) is 4.62. The zero-order valence-corrected chi connectivity index (χ0v) is 11.7. The van der Waals surface area contributed by atoms with Crippen LogP contribution in [-0.2, 0) is 8.68 Å². The molecule has 0 aliphatic heterocycles. The SMILES string of the molecule is CCC[Si](O)(O)O[Si](O)(O)CCP(=O)(O)O. The lowest BCUT2D eigenvalue weighted by Gasteiger charge is -2.25. The molecule has 0 aliphatic carbocycles. The second kappa shape index (κ2) is 5.82. The van der Waals surface area contributed by atoms with E-state index in [1.165, 1.54) is 0 Å². The quantitative estimate of drug-likeness (QED) is 0.244. The number of rotatable bonds is 7. The second-order valence-electron chi connectivity index (χ2n) is 3.48. The molecule has 0 amide bonds. The van der Waals surface area contributed by atoms with Gasteiger partial charge in [0.1, 0.15) is 0 Å². The minimum absolute atomic E-state index is 0.0984. The fourth-order valence-corrected chi connectivity index (χ4v) is 6.87. The van der Waals surface area contributed by atoms with Gasteiger partial charge in [-0.25, -0.2) is 0 Å². The van der Waals surface area contributed by atoms with Gasteiger partial charge in [-0.1, -0.05) is 13.3 Å². The van der Waals surface area contributed by atoms with Gasteiger partial charge in [-0.3, -0.25) is 4.57 Å². The van der Waals surface area contributed by atoms with Gasteiger partial charge in [0.15, 0.2) is 0 Å². The molecule has 0 aromatic rings. The van der Waals surface area contributed by atoms with Crippen LogP contribution in [0.4, 0.5) is 0 Å². The van der Waals surface area contributed by atoms with Gasteiger partial charge in [0, 0.05) is 12.1 Å². The van der Waals surface area contributed by atoms with E-state index < -0.39 is 37.4 Å². The van der Waals surface area contributed by atoms with E-state index in [1.807, 2.05) is 0 Å². The third kappa shape index (κ3) is 8.53. The predicted octanol–water partition coefficient (Wildman–Crippen LogP) is -1.56. The maximum atomic E-state index is 10.5. The highest BCUT2D eigenvalue weighted by Gasteiger charge is 2.45. The maximum Gasteiger partial charge on any atom is 0.488 e. The molecule has 0 aromatic carbocycles. The summed E-state index contributed by atoms with van der Waals surface area (Å²) in [5.41, 5.74) is 0. The molecular formula is C5H17O8PSi2. The average Bonchev–Trinajstić information content (AvgIpc) is 1.97. The van der Waals surface area contributed by atoms with Crippen molar-refractivity contribution in [1.29, 1.82) is 0 Å². The molecule has 0 heterocycles. The first kappa shape index (κ1) is 16.4. The van der Waals surface area contributed by atoms with Crippen molar-refractivity contribution < 1.29 is 37.6 Å². The maximum absolute atomic E-state index is 10.5. The van der Waals surface area contributed by atoms with Gasteiger partial charge in [-0.2, -0.15) is 0 Å². The lowest BCUT2D eigenvalue weighted by Crippen LogP contribution is -2.53. The summed E-state index contributed by atoms with van der Waals surface area (Å²) in [6, 6.07) is -0.768. The Morgan fingerprint density at radius 3 is 1.88 bits per heavy atom. The standard InChI is InChI=1S/C5H17O8PSi2/c1-2-4-15(9,10)13-16(11,12)5-3-14(6,7)8/h9-12H,2-5H2,1H3,(H2,6,7,8). The predicted molar refractivity (Wildman–Crippen MR) is 58.3 cm³/mol. The van der Waals surface area contributed by atoms with Crippen LogP contribution in [0, 0.1) is 0 Å². The molecule has 0 aliphatic rings. The summed E-state index contributed by atoms with van der Waals surface area (Å²) in [4.78, 5) is 54.2. The molecule has 8 nitrogen and oxygen atoms in total. The fourth-order valence-electron chi connectivity index (χ4n) is 0.981. The van der Waals surface area contributed by atoms with Crippen molar-refractivity contribution in [2.45, 2.75) is 25.4 Å². The summed E-state index contributed by atoms with van der Waals surface area (Å²) in [5, 5.41) is 0. The highest BCUT2D eigenvalue weighted by molar-refractivity contribution is 7.51. The zero-order chi connectivity index (χ0) is 13.0. The van der Waals surface area contributed by atoms with E-state index in [1.54, 1.807) is 6.92 Å². The van der Waals surface area contributed by atoms with Crippen LogP contribution in [0.1, 0.15) is 13.3 Å². The van der Waals surface area contributed by atoms with Crippen LogP contribution in [0.15, 0.2) is 0 Å². The molecular weight excluding hydrogens is 275 g/mol. The van der Waals surface area contributed by atoms with Crippen molar-refractivity contribution in [3.05, 3.63) is 0 Å². The minimum atomic E-state index is -4.42. The Morgan fingerprint density at radius 2 is 1.50 bits per heavy atom. The summed E-state index contributed by atoms with van der Waals surface area (Å²) in [5.74, 6) is 0. The lowest BCUT2D eigenvalue weighted by molar-refractivity contribution is 0.154. The van der Waals surface area contributed by atoms with E-state index in [0.717, 1.165) is 0 Å². The lowest BCUT2D eigenvalue weighted by atomic mass is 10.6. The van der Waals surface area contributed by atoms with Crippen molar-refractivity contribution in [3.63, 3.8) is 0 Å². The van der Waals surface area contributed by atoms with E-state index >= 15 is 0 Å². The molecule has 0 bridgehead atoms. The van der Waals surface area contributed by atoms with Gasteiger partial charge in [-0.05, 0) is 0 Å². The van der Waals surface area contributed by atoms with Crippen LogP contribution < -0.4 is 0 Å². The van der Waals surface area contributed by atoms with Crippen LogP contribution in [0.3, 0.4) is 0 Å². The Kier molecular flexibility index (Phi) is 5.96. The Labute approximate surface area is 95.0 Å². The normalized spacial score (nSPS) is 14.2. The molecule has 98 valence electrons. The molecule has 0 fully saturated rings. The molecule has 0 atom stereocenters. The van der Waals surface area contributed by atoms with Gasteiger partial charge in [0.25, 0.3) is 0 Å². The van der Waals surface area contributed by atoms with Gasteiger partial charge in [0.05, 0.1) is 6.16 Å². The van der Waals surface area contributed by atoms with Gasteiger partial charge < -0.3 is 33.1 Å². The molecule has 0 saturated heterocycles. The van der Waals surface area contributed by atoms with Crippen molar-refractivity contribution in [3.8, 4) is 0 Å². The Morgan fingerprint density at radius 1 is 1.06 bits per heavy atom. The molecule has 0 rings (SSSR count). The van der Waals surface area contributed by atoms with Crippen LogP contribution in [0.5, 0.6) is 0 Å². The summed E-state index contributed by atoms with van der Waals surface area (Å²) < 4.78 is 14.9. The molecule has 0 saturated carbocycles. The molecule has 0 spiro atoms. The monoisotopic (exact) mass is 292 g/mol. The number of hydrogen-bond acceptors (Lipinski definition) is 6. The summed E-state index contributed by atoms with van der Waals surface area (Å²) >= 11 is 0. The molecule has 0 unspecified atom stereocenters. The third-order valence-corrected chi connectivity index (χ3v) is 7.53. The largest absolute Gasteiger partial charge is 0.488 e. The first-order chi connectivity index (χ1) is 6.97. The van der Waals surface area contributed by atoms with Crippen molar-refractivity contribution in [1.82, 2.24) is 0 Å². The molecule has 6 N–H and O–H groups in total. The molecule has 0 aromatic heterocycles. The van der Waals surface area contributed by atoms with Gasteiger partial charge in [0.2, 0.25) is 0 Å². The minimum Gasteiger partial charge on any atom is -0.390 e. The van der Waals surface area contributed by atoms with Crippen molar-refractivity contribution in [2.75, 3.05) is 6.16 Å². The topological polar surface area (TPSA) is 148 Å². The Balaban J connectivity index is 4.29. The van der Waals surface area contributed by atoms with Crippen molar-refractivity contribution >= 4 is 25.2 Å². The van der Waals surface area contributed by atoms with Crippen LogP contribution >= 0.6 is 7.60 Å². The average molecular weight is 292 g/mol. The zero-order valence-electron chi connectivity index (χ0n) is 8.78. The molecule has 0 radical (unpaired) electrons.